The number of benzene rings is 2. The van der Waals surface area contributed by atoms with Gasteiger partial charge in [0.1, 0.15) is 17.3 Å². The second-order valence-electron chi connectivity index (χ2n) is 7.22. The zero-order chi connectivity index (χ0) is 18.0. The normalized spacial score (nSPS) is 16.1. The van der Waals surface area contributed by atoms with Gasteiger partial charge in [-0.3, -0.25) is 4.79 Å². The third kappa shape index (κ3) is 4.21. The highest BCUT2D eigenvalue weighted by Crippen LogP contribution is 2.23. The lowest BCUT2D eigenvalue weighted by Gasteiger charge is -2.18. The molecule has 2 aromatic rings. The van der Waals surface area contributed by atoms with Crippen LogP contribution >= 0.6 is 0 Å². The van der Waals surface area contributed by atoms with Gasteiger partial charge >= 0.3 is 0 Å². The van der Waals surface area contributed by atoms with Crippen LogP contribution in [0.4, 0.5) is 4.39 Å². The molecule has 4 heteroatoms. The Morgan fingerprint density at radius 3 is 2.28 bits per heavy atom. The number of hydrogen-bond donors (Lipinski definition) is 1. The largest absolute Gasteiger partial charge is 0.308 e. The summed E-state index contributed by atoms with van der Waals surface area (Å²) >= 11 is 0. The van der Waals surface area contributed by atoms with Crippen LogP contribution in [0, 0.1) is 5.82 Å². The Kier molecular flexibility index (Phi) is 4.53. The predicted octanol–water partition coefficient (Wildman–Crippen LogP) is 4.24. The monoisotopic (exact) mass is 336 g/mol. The minimum absolute atomic E-state index is 0.0941. The Labute approximate surface area is 147 Å². The summed E-state index contributed by atoms with van der Waals surface area (Å²) in [5, 5.41) is 2.77. The van der Waals surface area contributed by atoms with Crippen molar-refractivity contribution in [2.24, 2.45) is 4.99 Å². The summed E-state index contributed by atoms with van der Waals surface area (Å²) in [6.07, 6.45) is 2.24. The molecule has 0 spiro atoms. The van der Waals surface area contributed by atoms with E-state index in [0.29, 0.717) is 18.0 Å². The fraction of sp³-hybridized carbons (Fsp3) is 0.238. The molecule has 3 nitrogen and oxygen atoms in total. The molecular weight excluding hydrogens is 315 g/mol. The molecule has 0 saturated carbocycles. The smallest absolute Gasteiger partial charge is 0.275 e. The van der Waals surface area contributed by atoms with Crippen molar-refractivity contribution in [1.82, 2.24) is 5.32 Å². The molecule has 1 aliphatic heterocycles. The van der Waals surface area contributed by atoms with E-state index in [1.165, 1.54) is 17.7 Å². The van der Waals surface area contributed by atoms with Gasteiger partial charge in [-0.25, -0.2) is 9.38 Å². The summed E-state index contributed by atoms with van der Waals surface area (Å²) in [4.78, 5) is 16.5. The topological polar surface area (TPSA) is 41.5 Å². The molecule has 0 atom stereocenters. The molecule has 25 heavy (non-hydrogen) atoms. The molecule has 0 fully saturated rings. The lowest BCUT2D eigenvalue weighted by molar-refractivity contribution is -0.115. The summed E-state index contributed by atoms with van der Waals surface area (Å²) in [5.41, 5.74) is 3.56. The van der Waals surface area contributed by atoms with Crippen molar-refractivity contribution in [3.8, 4) is 0 Å². The van der Waals surface area contributed by atoms with Crippen LogP contribution < -0.4 is 5.32 Å². The molecule has 0 bridgehead atoms. The summed E-state index contributed by atoms with van der Waals surface area (Å²) < 4.78 is 13.0. The molecule has 1 N–H and O–H groups in total. The number of aliphatic imine (C=N–C) groups is 1. The van der Waals surface area contributed by atoms with Gasteiger partial charge in [0, 0.05) is 6.42 Å². The lowest BCUT2D eigenvalue weighted by atomic mass is 9.87. The predicted molar refractivity (Wildman–Crippen MR) is 98.8 cm³/mol. The van der Waals surface area contributed by atoms with Crippen molar-refractivity contribution >= 4 is 17.8 Å². The van der Waals surface area contributed by atoms with Gasteiger partial charge in [0.2, 0.25) is 0 Å². The number of rotatable bonds is 3. The maximum atomic E-state index is 13.0. The first-order chi connectivity index (χ1) is 11.8. The molecular formula is C21H21FN2O. The van der Waals surface area contributed by atoms with E-state index in [0.717, 1.165) is 11.1 Å². The van der Waals surface area contributed by atoms with Crippen LogP contribution in [-0.4, -0.2) is 11.7 Å². The number of amidine groups is 1. The standard InChI is InChI=1S/C21H21FN2O/c1-21(2,3)16-8-4-14(5-9-16)12-18-20(25)24-19(23-18)13-15-6-10-17(22)11-7-15/h4-12H,13H2,1-3H3,(H,23,24,25)/b18-12+. The third-order valence-corrected chi connectivity index (χ3v) is 4.11. The molecule has 0 unspecified atom stereocenters. The fourth-order valence-corrected chi connectivity index (χ4v) is 2.63. The van der Waals surface area contributed by atoms with Crippen LogP contribution in [-0.2, 0) is 16.6 Å². The first-order valence-corrected chi connectivity index (χ1v) is 8.27. The molecule has 0 radical (unpaired) electrons. The van der Waals surface area contributed by atoms with E-state index < -0.39 is 0 Å². The Morgan fingerprint density at radius 1 is 1.04 bits per heavy atom. The maximum Gasteiger partial charge on any atom is 0.275 e. The maximum absolute atomic E-state index is 13.0. The van der Waals surface area contributed by atoms with E-state index >= 15 is 0 Å². The second-order valence-corrected chi connectivity index (χ2v) is 7.22. The van der Waals surface area contributed by atoms with Gasteiger partial charge in [0.15, 0.2) is 0 Å². The van der Waals surface area contributed by atoms with E-state index in [2.05, 4.69) is 43.2 Å². The summed E-state index contributed by atoms with van der Waals surface area (Å²) in [6.45, 7) is 6.49. The van der Waals surface area contributed by atoms with Gasteiger partial charge in [-0.1, -0.05) is 57.2 Å². The highest BCUT2D eigenvalue weighted by molar-refractivity contribution is 6.14. The van der Waals surface area contributed by atoms with Gasteiger partial charge in [-0.05, 0) is 40.3 Å². The van der Waals surface area contributed by atoms with E-state index in [1.807, 2.05) is 12.1 Å². The lowest BCUT2D eigenvalue weighted by Crippen LogP contribution is -2.25. The van der Waals surface area contributed by atoms with Gasteiger partial charge < -0.3 is 5.32 Å². The zero-order valence-electron chi connectivity index (χ0n) is 14.6. The fourth-order valence-electron chi connectivity index (χ4n) is 2.63. The van der Waals surface area contributed by atoms with E-state index in [9.17, 15) is 9.18 Å². The van der Waals surface area contributed by atoms with E-state index in [1.54, 1.807) is 18.2 Å². The van der Waals surface area contributed by atoms with Crippen LogP contribution in [0.5, 0.6) is 0 Å². The van der Waals surface area contributed by atoms with E-state index in [4.69, 9.17) is 0 Å². The van der Waals surface area contributed by atoms with Crippen molar-refractivity contribution in [1.29, 1.82) is 0 Å². The minimum Gasteiger partial charge on any atom is -0.308 e. The van der Waals surface area contributed by atoms with Crippen LogP contribution in [0.15, 0.2) is 59.2 Å². The van der Waals surface area contributed by atoms with Crippen LogP contribution in [0.2, 0.25) is 0 Å². The highest BCUT2D eigenvalue weighted by Gasteiger charge is 2.20. The summed E-state index contributed by atoms with van der Waals surface area (Å²) in [7, 11) is 0. The molecule has 3 rings (SSSR count). The van der Waals surface area contributed by atoms with Gasteiger partial charge in [-0.2, -0.15) is 0 Å². The van der Waals surface area contributed by atoms with Gasteiger partial charge in [0.25, 0.3) is 5.91 Å². The molecule has 1 heterocycles. The molecule has 0 aliphatic carbocycles. The highest BCUT2D eigenvalue weighted by atomic mass is 19.1. The zero-order valence-corrected chi connectivity index (χ0v) is 14.6. The Morgan fingerprint density at radius 2 is 1.68 bits per heavy atom. The number of nitrogens with zero attached hydrogens (tertiary/aromatic N) is 1. The Hall–Kier alpha value is -2.75. The van der Waals surface area contributed by atoms with Crippen molar-refractivity contribution in [2.75, 3.05) is 0 Å². The number of nitrogens with one attached hydrogen (secondary N) is 1. The molecule has 128 valence electrons. The number of hydrogen-bond acceptors (Lipinski definition) is 2. The molecule has 0 aromatic heterocycles. The third-order valence-electron chi connectivity index (χ3n) is 4.11. The summed E-state index contributed by atoms with van der Waals surface area (Å²) in [5.74, 6) is 0.0895. The summed E-state index contributed by atoms with van der Waals surface area (Å²) in [6, 6.07) is 14.3. The first-order valence-electron chi connectivity index (χ1n) is 8.27. The average Bonchev–Trinajstić information content (AvgIpc) is 2.89. The SMILES string of the molecule is CC(C)(C)c1ccc(/C=C2/N=C(Cc3ccc(F)cc3)NC2=O)cc1. The van der Waals surface area contributed by atoms with Gasteiger partial charge in [0.05, 0.1) is 0 Å². The van der Waals surface area contributed by atoms with Crippen LogP contribution in [0.1, 0.15) is 37.5 Å². The Balaban J connectivity index is 1.77. The van der Waals surface area contributed by atoms with Crippen LogP contribution in [0.25, 0.3) is 6.08 Å². The second kappa shape index (κ2) is 6.63. The van der Waals surface area contributed by atoms with Crippen molar-refractivity contribution in [2.45, 2.75) is 32.6 Å². The number of halogens is 1. The van der Waals surface area contributed by atoms with Gasteiger partial charge in [-0.15, -0.1) is 0 Å². The molecule has 0 saturated heterocycles. The van der Waals surface area contributed by atoms with Crippen molar-refractivity contribution < 1.29 is 9.18 Å². The van der Waals surface area contributed by atoms with Crippen LogP contribution in [0.3, 0.4) is 0 Å². The quantitative estimate of drug-likeness (QED) is 0.837. The number of carbonyl (C=O) groups excluding carboxylic acids is 1. The number of carbonyl (C=O) groups is 1. The minimum atomic E-state index is -0.277. The molecule has 1 amide bonds. The van der Waals surface area contributed by atoms with Crippen molar-refractivity contribution in [3.63, 3.8) is 0 Å². The van der Waals surface area contributed by atoms with Crippen molar-refractivity contribution in [3.05, 3.63) is 76.7 Å². The molecule has 1 aliphatic rings. The molecule has 2 aromatic carbocycles. The van der Waals surface area contributed by atoms with E-state index in [-0.39, 0.29) is 17.1 Å². The average molecular weight is 336 g/mol. The first kappa shape index (κ1) is 17.1. The number of amides is 1. The Bertz CT molecular complexity index is 841.